The van der Waals surface area contributed by atoms with E-state index in [1.54, 1.807) is 4.90 Å². The van der Waals surface area contributed by atoms with Gasteiger partial charge in [-0.2, -0.15) is 5.26 Å². The van der Waals surface area contributed by atoms with Crippen LogP contribution in [0.15, 0.2) is 0 Å². The summed E-state index contributed by atoms with van der Waals surface area (Å²) in [5, 5.41) is 20.2. The zero-order valence-electron chi connectivity index (χ0n) is 14.7. The van der Waals surface area contributed by atoms with E-state index in [4.69, 9.17) is 0 Å². The van der Waals surface area contributed by atoms with Crippen molar-refractivity contribution in [2.75, 3.05) is 19.6 Å². The lowest BCUT2D eigenvalue weighted by Gasteiger charge is -2.63. The van der Waals surface area contributed by atoms with Crippen LogP contribution in [0.3, 0.4) is 0 Å². The lowest BCUT2D eigenvalue weighted by molar-refractivity contribution is -0.178. The molecule has 3 unspecified atom stereocenters. The largest absolute Gasteiger partial charge is 0.390 e. The van der Waals surface area contributed by atoms with Gasteiger partial charge < -0.3 is 10.0 Å². The molecule has 0 radical (unpaired) electrons. The predicted molar refractivity (Wildman–Crippen MR) is 90.0 cm³/mol. The van der Waals surface area contributed by atoms with Gasteiger partial charge in [-0.15, -0.1) is 0 Å². The van der Waals surface area contributed by atoms with Crippen molar-refractivity contribution in [3.05, 3.63) is 0 Å². The van der Waals surface area contributed by atoms with E-state index >= 15 is 0 Å². The van der Waals surface area contributed by atoms with Gasteiger partial charge in [0, 0.05) is 12.1 Å². The first-order chi connectivity index (χ1) is 11.5. The number of hydrogen-bond donors (Lipinski definition) is 1. The Labute approximate surface area is 144 Å². The highest BCUT2D eigenvalue weighted by Crippen LogP contribution is 2.59. The Kier molecular flexibility index (Phi) is 3.89. The van der Waals surface area contributed by atoms with E-state index < -0.39 is 5.60 Å². The third-order valence-electron chi connectivity index (χ3n) is 7.10. The van der Waals surface area contributed by atoms with E-state index in [0.717, 1.165) is 58.0 Å². The molecule has 0 aromatic rings. The summed E-state index contributed by atoms with van der Waals surface area (Å²) in [5.74, 6) is 1.35. The van der Waals surface area contributed by atoms with Gasteiger partial charge in [-0.05, 0) is 69.7 Å². The van der Waals surface area contributed by atoms with Crippen molar-refractivity contribution in [3.8, 4) is 6.07 Å². The Bertz CT molecular complexity index is 555. The number of likely N-dealkylation sites (N-methyl/N-ethyl adjacent to an activating group) is 1. The van der Waals surface area contributed by atoms with Gasteiger partial charge in [0.05, 0.1) is 18.2 Å². The summed E-state index contributed by atoms with van der Waals surface area (Å²) < 4.78 is 0. The summed E-state index contributed by atoms with van der Waals surface area (Å²) in [4.78, 5) is 16.9. The average Bonchev–Trinajstić information content (AvgIpc) is 2.98. The molecule has 1 saturated heterocycles. The standard InChI is InChI=1S/C19H29N3O2/c1-2-21(12-17(23)22-5-3-4-16(22)11-20)18-7-14-6-15(8-18)10-19(24,9-14)13-18/h14-16,24H,2-10,12-13H2,1H3. The van der Waals surface area contributed by atoms with Gasteiger partial charge in [0.1, 0.15) is 6.04 Å². The van der Waals surface area contributed by atoms with Crippen molar-refractivity contribution in [2.45, 2.75) is 75.5 Å². The molecule has 4 bridgehead atoms. The molecular weight excluding hydrogens is 302 g/mol. The molecule has 4 saturated carbocycles. The molecule has 5 rings (SSSR count). The molecule has 1 heterocycles. The fourth-order valence-corrected chi connectivity index (χ4v) is 6.60. The molecule has 5 fully saturated rings. The number of aliphatic hydroxyl groups is 1. The van der Waals surface area contributed by atoms with Gasteiger partial charge in [-0.3, -0.25) is 9.69 Å². The maximum Gasteiger partial charge on any atom is 0.237 e. The Morgan fingerprint density at radius 1 is 1.33 bits per heavy atom. The van der Waals surface area contributed by atoms with Crippen molar-refractivity contribution in [3.63, 3.8) is 0 Å². The van der Waals surface area contributed by atoms with Crippen LogP contribution in [0.5, 0.6) is 0 Å². The molecule has 5 heteroatoms. The Morgan fingerprint density at radius 3 is 2.62 bits per heavy atom. The van der Waals surface area contributed by atoms with Gasteiger partial charge in [0.25, 0.3) is 0 Å². The summed E-state index contributed by atoms with van der Waals surface area (Å²) in [6.45, 7) is 4.09. The van der Waals surface area contributed by atoms with E-state index in [0.29, 0.717) is 18.4 Å². The summed E-state index contributed by atoms with van der Waals surface area (Å²) >= 11 is 0. The number of amides is 1. The smallest absolute Gasteiger partial charge is 0.237 e. The third-order valence-corrected chi connectivity index (χ3v) is 7.10. The van der Waals surface area contributed by atoms with E-state index in [2.05, 4.69) is 17.9 Å². The molecule has 0 spiro atoms. The van der Waals surface area contributed by atoms with Crippen molar-refractivity contribution < 1.29 is 9.90 Å². The normalized spacial score (nSPS) is 43.4. The minimum Gasteiger partial charge on any atom is -0.390 e. The number of nitrogens with zero attached hydrogens (tertiary/aromatic N) is 3. The molecule has 1 aliphatic heterocycles. The molecule has 5 aliphatic rings. The number of hydrogen-bond acceptors (Lipinski definition) is 4. The van der Waals surface area contributed by atoms with Crippen molar-refractivity contribution in [2.24, 2.45) is 11.8 Å². The minimum atomic E-state index is -0.497. The molecule has 0 aromatic carbocycles. The van der Waals surface area contributed by atoms with Crippen molar-refractivity contribution in [1.29, 1.82) is 5.26 Å². The number of likely N-dealkylation sites (tertiary alicyclic amines) is 1. The second kappa shape index (κ2) is 5.71. The van der Waals surface area contributed by atoms with Crippen LogP contribution >= 0.6 is 0 Å². The number of carbonyl (C=O) groups excluding carboxylic acids is 1. The molecule has 1 amide bonds. The minimum absolute atomic E-state index is 0.00507. The van der Waals surface area contributed by atoms with Crippen molar-refractivity contribution >= 4 is 5.91 Å². The van der Waals surface area contributed by atoms with Crippen LogP contribution in [-0.4, -0.2) is 57.6 Å². The second-order valence-electron chi connectivity index (χ2n) is 8.80. The fourth-order valence-electron chi connectivity index (χ4n) is 6.60. The summed E-state index contributed by atoms with van der Waals surface area (Å²) in [5.41, 5.74) is -0.492. The predicted octanol–water partition coefficient (Wildman–Crippen LogP) is 1.91. The summed E-state index contributed by atoms with van der Waals surface area (Å²) in [6.07, 6.45) is 8.02. The Balaban J connectivity index is 1.52. The third kappa shape index (κ3) is 2.55. The zero-order valence-corrected chi connectivity index (χ0v) is 14.7. The van der Waals surface area contributed by atoms with E-state index in [1.807, 2.05) is 0 Å². The van der Waals surface area contributed by atoms with Crippen LogP contribution in [0.4, 0.5) is 0 Å². The molecular formula is C19H29N3O2. The molecule has 4 aliphatic carbocycles. The molecule has 3 atom stereocenters. The van der Waals surface area contributed by atoms with Gasteiger partial charge in [-0.1, -0.05) is 6.92 Å². The summed E-state index contributed by atoms with van der Waals surface area (Å²) in [7, 11) is 0. The van der Waals surface area contributed by atoms with Gasteiger partial charge in [0.15, 0.2) is 0 Å². The van der Waals surface area contributed by atoms with Crippen LogP contribution in [0, 0.1) is 23.2 Å². The van der Waals surface area contributed by atoms with E-state index in [-0.39, 0.29) is 17.5 Å². The van der Waals surface area contributed by atoms with Crippen molar-refractivity contribution in [1.82, 2.24) is 9.80 Å². The highest BCUT2D eigenvalue weighted by molar-refractivity contribution is 5.79. The lowest BCUT2D eigenvalue weighted by Crippen LogP contribution is -2.66. The Hall–Kier alpha value is -1.12. The second-order valence-corrected chi connectivity index (χ2v) is 8.80. The molecule has 0 aromatic heterocycles. The Morgan fingerprint density at radius 2 is 2.04 bits per heavy atom. The number of rotatable bonds is 4. The van der Waals surface area contributed by atoms with E-state index in [9.17, 15) is 15.2 Å². The molecule has 132 valence electrons. The fraction of sp³-hybridized carbons (Fsp3) is 0.895. The average molecular weight is 331 g/mol. The first kappa shape index (κ1) is 16.4. The van der Waals surface area contributed by atoms with Crippen LogP contribution in [0.2, 0.25) is 0 Å². The molecule has 24 heavy (non-hydrogen) atoms. The lowest BCUT2D eigenvalue weighted by atomic mass is 9.50. The van der Waals surface area contributed by atoms with Crippen LogP contribution in [0.25, 0.3) is 0 Å². The maximum atomic E-state index is 12.8. The van der Waals surface area contributed by atoms with Crippen LogP contribution < -0.4 is 0 Å². The van der Waals surface area contributed by atoms with Crippen LogP contribution in [0.1, 0.15) is 58.3 Å². The first-order valence-corrected chi connectivity index (χ1v) is 9.63. The summed E-state index contributed by atoms with van der Waals surface area (Å²) in [6, 6.07) is 2.04. The maximum absolute atomic E-state index is 12.8. The number of carbonyl (C=O) groups is 1. The monoisotopic (exact) mass is 331 g/mol. The molecule has 5 nitrogen and oxygen atoms in total. The van der Waals surface area contributed by atoms with Gasteiger partial charge in [0.2, 0.25) is 5.91 Å². The first-order valence-electron chi connectivity index (χ1n) is 9.63. The van der Waals surface area contributed by atoms with Gasteiger partial charge in [-0.25, -0.2) is 0 Å². The SMILES string of the molecule is CCN(CC(=O)N1CCCC1C#N)C12CC3CC(CC(O)(C3)C1)C2. The van der Waals surface area contributed by atoms with Crippen LogP contribution in [-0.2, 0) is 4.79 Å². The highest BCUT2D eigenvalue weighted by Gasteiger charge is 2.59. The molecule has 1 N–H and O–H groups in total. The highest BCUT2D eigenvalue weighted by atomic mass is 16.3. The van der Waals surface area contributed by atoms with E-state index in [1.165, 1.54) is 6.42 Å². The number of nitriles is 1. The van der Waals surface area contributed by atoms with Gasteiger partial charge >= 0.3 is 0 Å². The topological polar surface area (TPSA) is 67.6 Å². The quantitative estimate of drug-likeness (QED) is 0.854. The zero-order chi connectivity index (χ0) is 16.9.